The van der Waals surface area contributed by atoms with Crippen LogP contribution in [-0.4, -0.2) is 58.5 Å². The molecule has 2 aromatic heterocycles. The van der Waals surface area contributed by atoms with Crippen LogP contribution in [0.5, 0.6) is 0 Å². The molecule has 1 aliphatic heterocycles. The van der Waals surface area contributed by atoms with Crippen LogP contribution in [0, 0.1) is 12.8 Å². The van der Waals surface area contributed by atoms with Gasteiger partial charge < -0.3 is 15.4 Å². The second-order valence-corrected chi connectivity index (χ2v) is 9.54. The fourth-order valence-electron chi connectivity index (χ4n) is 5.18. The minimum absolute atomic E-state index is 0.000913. The topological polar surface area (TPSA) is 80.5 Å². The lowest BCUT2D eigenvalue weighted by molar-refractivity contribution is -0.169. The van der Waals surface area contributed by atoms with Crippen LogP contribution in [-0.2, 0) is 4.74 Å². The van der Waals surface area contributed by atoms with Gasteiger partial charge in [0.2, 0.25) is 0 Å². The Morgan fingerprint density at radius 1 is 1.24 bits per heavy atom. The van der Waals surface area contributed by atoms with Crippen molar-refractivity contribution in [2.75, 3.05) is 19.7 Å². The standard InChI is InChI=1S/C24H34F3N5O2/c1-3-12-34-18-6-4-17(5-7-18)21(24(25,26)27)31-23(33)19-14-29-32-15(2)13-20(30-22(19)32)16-8-10-28-11-9-16/h13-14,16-18,21,28H,3-12H2,1-2H3,(H,31,33). The van der Waals surface area contributed by atoms with Crippen molar-refractivity contribution in [3.05, 3.63) is 29.2 Å². The van der Waals surface area contributed by atoms with Gasteiger partial charge in [0.1, 0.15) is 11.6 Å². The van der Waals surface area contributed by atoms with E-state index in [0.717, 1.165) is 43.7 Å². The monoisotopic (exact) mass is 481 g/mol. The number of nitrogens with zero attached hydrogens (tertiary/aromatic N) is 3. The van der Waals surface area contributed by atoms with E-state index in [0.29, 0.717) is 37.9 Å². The molecule has 3 heterocycles. The van der Waals surface area contributed by atoms with E-state index < -0.39 is 24.0 Å². The molecule has 1 atom stereocenters. The Kier molecular flexibility index (Phi) is 7.77. The molecule has 188 valence electrons. The predicted molar refractivity (Wildman–Crippen MR) is 122 cm³/mol. The van der Waals surface area contributed by atoms with Gasteiger partial charge in [-0.1, -0.05) is 6.92 Å². The summed E-state index contributed by atoms with van der Waals surface area (Å²) in [5.74, 6) is -1.20. The molecular weight excluding hydrogens is 447 g/mol. The second kappa shape index (κ2) is 10.6. The second-order valence-electron chi connectivity index (χ2n) is 9.54. The Labute approximate surface area is 197 Å². The fourth-order valence-corrected chi connectivity index (χ4v) is 5.18. The molecule has 10 heteroatoms. The third kappa shape index (κ3) is 5.54. The quantitative estimate of drug-likeness (QED) is 0.621. The normalized spacial score (nSPS) is 23.2. The van der Waals surface area contributed by atoms with Crippen LogP contribution >= 0.6 is 0 Å². The van der Waals surface area contributed by atoms with Gasteiger partial charge in [0.15, 0.2) is 5.65 Å². The number of alkyl halides is 3. The zero-order valence-electron chi connectivity index (χ0n) is 19.8. The first-order chi connectivity index (χ1) is 16.3. The molecule has 1 aliphatic carbocycles. The summed E-state index contributed by atoms with van der Waals surface area (Å²) >= 11 is 0. The summed E-state index contributed by atoms with van der Waals surface area (Å²) < 4.78 is 49.2. The van der Waals surface area contributed by atoms with E-state index in [4.69, 9.17) is 4.74 Å². The van der Waals surface area contributed by atoms with Gasteiger partial charge in [0.25, 0.3) is 5.91 Å². The number of hydrogen-bond donors (Lipinski definition) is 2. The first-order valence-corrected chi connectivity index (χ1v) is 12.3. The first-order valence-electron chi connectivity index (χ1n) is 12.3. The summed E-state index contributed by atoms with van der Waals surface area (Å²) in [6.45, 7) is 6.28. The van der Waals surface area contributed by atoms with Crippen molar-refractivity contribution < 1.29 is 22.7 Å². The van der Waals surface area contributed by atoms with Crippen molar-refractivity contribution >= 4 is 11.6 Å². The van der Waals surface area contributed by atoms with Crippen LogP contribution in [0.3, 0.4) is 0 Å². The van der Waals surface area contributed by atoms with Crippen LogP contribution in [0.4, 0.5) is 13.2 Å². The molecule has 2 fully saturated rings. The Balaban J connectivity index is 1.52. The number of fused-ring (bicyclic) bond motifs is 1. The van der Waals surface area contributed by atoms with Crippen LogP contribution in [0.15, 0.2) is 12.3 Å². The van der Waals surface area contributed by atoms with E-state index in [9.17, 15) is 18.0 Å². The molecule has 1 amide bonds. The molecule has 1 unspecified atom stereocenters. The third-order valence-electron chi connectivity index (χ3n) is 7.06. The van der Waals surface area contributed by atoms with E-state index in [2.05, 4.69) is 20.7 Å². The molecule has 0 aromatic carbocycles. The fraction of sp³-hybridized carbons (Fsp3) is 0.708. The zero-order chi connectivity index (χ0) is 24.3. The van der Waals surface area contributed by atoms with E-state index in [1.54, 1.807) is 0 Å². The Bertz CT molecular complexity index is 979. The molecule has 0 bridgehead atoms. The molecule has 4 rings (SSSR count). The molecule has 0 radical (unpaired) electrons. The molecule has 34 heavy (non-hydrogen) atoms. The molecule has 1 saturated carbocycles. The lowest BCUT2D eigenvalue weighted by Gasteiger charge is -2.35. The van der Waals surface area contributed by atoms with Crippen molar-refractivity contribution in [3.8, 4) is 0 Å². The number of rotatable bonds is 7. The molecule has 2 N–H and O–H groups in total. The molecule has 2 aromatic rings. The highest BCUT2D eigenvalue weighted by molar-refractivity contribution is 5.99. The minimum atomic E-state index is -4.54. The summed E-state index contributed by atoms with van der Waals surface area (Å²) in [6.07, 6.45) is 1.40. The highest BCUT2D eigenvalue weighted by atomic mass is 19.4. The van der Waals surface area contributed by atoms with Gasteiger partial charge in [-0.2, -0.15) is 18.3 Å². The number of amides is 1. The van der Waals surface area contributed by atoms with Gasteiger partial charge in [-0.15, -0.1) is 0 Å². The molecule has 7 nitrogen and oxygen atoms in total. The van der Waals surface area contributed by atoms with E-state index in [1.165, 1.54) is 10.7 Å². The Morgan fingerprint density at radius 2 is 1.94 bits per heavy atom. The van der Waals surface area contributed by atoms with Gasteiger partial charge in [0, 0.05) is 23.9 Å². The Hall–Kier alpha value is -2.20. The van der Waals surface area contributed by atoms with Crippen LogP contribution in [0.2, 0.25) is 0 Å². The predicted octanol–water partition coefficient (Wildman–Crippen LogP) is 4.15. The molecular formula is C24H34F3N5O2. The summed E-state index contributed by atoms with van der Waals surface area (Å²) in [6, 6.07) is 0.0469. The average Bonchev–Trinajstić information content (AvgIpc) is 3.26. The molecule has 0 spiro atoms. The van der Waals surface area contributed by atoms with Crippen molar-refractivity contribution in [3.63, 3.8) is 0 Å². The van der Waals surface area contributed by atoms with E-state index in [-0.39, 0.29) is 17.6 Å². The number of hydrogen-bond acceptors (Lipinski definition) is 5. The number of halogens is 3. The van der Waals surface area contributed by atoms with Crippen molar-refractivity contribution in [1.29, 1.82) is 0 Å². The first kappa shape index (κ1) is 24.9. The van der Waals surface area contributed by atoms with Crippen molar-refractivity contribution in [2.24, 2.45) is 5.92 Å². The van der Waals surface area contributed by atoms with Crippen molar-refractivity contribution in [2.45, 2.75) is 83.0 Å². The number of piperidine rings is 1. The highest BCUT2D eigenvalue weighted by Crippen LogP contribution is 2.36. The van der Waals surface area contributed by atoms with Gasteiger partial charge in [-0.05, 0) is 76.9 Å². The number of nitrogens with one attached hydrogen (secondary N) is 2. The van der Waals surface area contributed by atoms with Gasteiger partial charge in [-0.25, -0.2) is 9.50 Å². The lowest BCUT2D eigenvalue weighted by atomic mass is 9.82. The number of carbonyl (C=O) groups excluding carboxylic acids is 1. The molecule has 1 saturated heterocycles. The number of aryl methyl sites for hydroxylation is 1. The number of ether oxygens (including phenoxy) is 1. The van der Waals surface area contributed by atoms with E-state index >= 15 is 0 Å². The van der Waals surface area contributed by atoms with E-state index in [1.807, 2.05) is 19.9 Å². The largest absolute Gasteiger partial charge is 0.408 e. The van der Waals surface area contributed by atoms with Crippen LogP contribution in [0.1, 0.15) is 79.5 Å². The van der Waals surface area contributed by atoms with Crippen molar-refractivity contribution in [1.82, 2.24) is 25.2 Å². The lowest BCUT2D eigenvalue weighted by Crippen LogP contribution is -2.51. The summed E-state index contributed by atoms with van der Waals surface area (Å²) in [4.78, 5) is 17.8. The average molecular weight is 482 g/mol. The van der Waals surface area contributed by atoms with Crippen LogP contribution < -0.4 is 10.6 Å². The van der Waals surface area contributed by atoms with Gasteiger partial charge >= 0.3 is 6.18 Å². The third-order valence-corrected chi connectivity index (χ3v) is 7.06. The maximum atomic E-state index is 14.0. The Morgan fingerprint density at radius 3 is 2.59 bits per heavy atom. The SMILES string of the molecule is CCCOC1CCC(C(NC(=O)c2cnn3c(C)cc(C4CCNCC4)nc23)C(F)(F)F)CC1. The summed E-state index contributed by atoms with van der Waals surface area (Å²) in [7, 11) is 0. The number of carbonyl (C=O) groups is 1. The maximum Gasteiger partial charge on any atom is 0.408 e. The van der Waals surface area contributed by atoms with Gasteiger partial charge in [-0.3, -0.25) is 4.79 Å². The van der Waals surface area contributed by atoms with Crippen LogP contribution in [0.25, 0.3) is 5.65 Å². The maximum absolute atomic E-state index is 14.0. The highest BCUT2D eigenvalue weighted by Gasteiger charge is 2.46. The smallest absolute Gasteiger partial charge is 0.378 e. The molecule has 2 aliphatic rings. The minimum Gasteiger partial charge on any atom is -0.378 e. The number of aromatic nitrogens is 3. The summed E-state index contributed by atoms with van der Waals surface area (Å²) in [5.41, 5.74) is 2.05. The van der Waals surface area contributed by atoms with Gasteiger partial charge in [0.05, 0.1) is 12.3 Å². The zero-order valence-corrected chi connectivity index (χ0v) is 19.8. The summed E-state index contributed by atoms with van der Waals surface area (Å²) in [5, 5.41) is 9.84.